The van der Waals surface area contributed by atoms with Gasteiger partial charge in [0.25, 0.3) is 0 Å². The highest BCUT2D eigenvalue weighted by molar-refractivity contribution is 5.38. The van der Waals surface area contributed by atoms with Crippen LogP contribution in [-0.4, -0.2) is 20.3 Å². The van der Waals surface area contributed by atoms with Gasteiger partial charge in [0, 0.05) is 0 Å². The van der Waals surface area contributed by atoms with Crippen LogP contribution in [0.2, 0.25) is 0 Å². The molecule has 0 spiro atoms. The van der Waals surface area contributed by atoms with Gasteiger partial charge in [0.05, 0.1) is 5.70 Å². The molecule has 1 N–H and O–H groups in total. The first-order chi connectivity index (χ1) is 6.13. The summed E-state index contributed by atoms with van der Waals surface area (Å²) >= 11 is 0. The molecule has 0 unspecified atom stereocenters. The number of hydrogen-bond acceptors (Lipinski definition) is 2. The van der Waals surface area contributed by atoms with Crippen molar-refractivity contribution in [3.63, 3.8) is 0 Å². The second-order valence-electron chi connectivity index (χ2n) is 3.27. The highest BCUT2D eigenvalue weighted by atomic mass is 14.8. The van der Waals surface area contributed by atoms with Crippen molar-refractivity contribution in [1.82, 2.24) is 5.32 Å². The number of hydrogen-bond donors (Lipinski definition) is 1. The molecule has 13 heavy (non-hydrogen) atoms. The average Bonchev–Trinajstić information content (AvgIpc) is 2.05. The largest absolute Gasteiger partial charge is 0.320 e. The molecule has 0 aliphatic heterocycles. The number of nitrogens with one attached hydrogen (secondary N) is 1. The fourth-order valence-electron chi connectivity index (χ4n) is 1.28. The minimum atomic E-state index is 0.969. The van der Waals surface area contributed by atoms with Crippen molar-refractivity contribution in [3.05, 3.63) is 23.4 Å². The van der Waals surface area contributed by atoms with E-state index in [4.69, 9.17) is 0 Å². The molecule has 0 aromatic heterocycles. The van der Waals surface area contributed by atoms with E-state index in [1.807, 2.05) is 14.0 Å². The molecule has 2 nitrogen and oxygen atoms in total. The van der Waals surface area contributed by atoms with E-state index in [-0.39, 0.29) is 0 Å². The van der Waals surface area contributed by atoms with Crippen LogP contribution < -0.4 is 5.32 Å². The van der Waals surface area contributed by atoms with E-state index < -0.39 is 0 Å². The molecule has 74 valence electrons. The minimum Gasteiger partial charge on any atom is -0.320 e. The van der Waals surface area contributed by atoms with E-state index >= 15 is 0 Å². The molecule has 0 rings (SSSR count). The van der Waals surface area contributed by atoms with Crippen molar-refractivity contribution in [3.8, 4) is 0 Å². The predicted octanol–water partition coefficient (Wildman–Crippen LogP) is 2.54. The van der Waals surface area contributed by atoms with Gasteiger partial charge in [-0.1, -0.05) is 6.58 Å². The maximum Gasteiger partial charge on any atom is 0.0634 e. The molecule has 0 aromatic rings. The van der Waals surface area contributed by atoms with Crippen LogP contribution in [0.25, 0.3) is 0 Å². The molecule has 0 amide bonds. The Kier molecular flexibility index (Phi) is 6.15. The van der Waals surface area contributed by atoms with Crippen molar-refractivity contribution in [2.45, 2.75) is 26.7 Å². The standard InChI is InChI=1S/C11H20N2/c1-9(2)11(13-5)10(3)7-6-8-12-4/h12H,1,5-8H2,2-4H3/b11-10+. The molecule has 0 saturated carbocycles. The van der Waals surface area contributed by atoms with Crippen molar-refractivity contribution in [2.24, 2.45) is 4.99 Å². The summed E-state index contributed by atoms with van der Waals surface area (Å²) in [6, 6.07) is 0. The Morgan fingerprint density at radius 2 is 2.00 bits per heavy atom. The maximum absolute atomic E-state index is 3.98. The molecule has 0 aromatic carbocycles. The molecular weight excluding hydrogens is 160 g/mol. The van der Waals surface area contributed by atoms with Gasteiger partial charge in [0.15, 0.2) is 0 Å². The van der Waals surface area contributed by atoms with Crippen LogP contribution in [0, 0.1) is 0 Å². The number of rotatable bonds is 6. The Labute approximate surface area is 81.5 Å². The van der Waals surface area contributed by atoms with Gasteiger partial charge in [-0.25, -0.2) is 0 Å². The van der Waals surface area contributed by atoms with Crippen LogP contribution in [-0.2, 0) is 0 Å². The third-order valence-corrected chi connectivity index (χ3v) is 1.95. The summed E-state index contributed by atoms with van der Waals surface area (Å²) in [6.45, 7) is 12.5. The predicted molar refractivity (Wildman–Crippen MR) is 60.2 cm³/mol. The van der Waals surface area contributed by atoms with Crippen molar-refractivity contribution < 1.29 is 0 Å². The summed E-state index contributed by atoms with van der Waals surface area (Å²) in [4.78, 5) is 3.98. The lowest BCUT2D eigenvalue weighted by atomic mass is 10.1. The average molecular weight is 180 g/mol. The summed E-state index contributed by atoms with van der Waals surface area (Å²) in [6.07, 6.45) is 2.19. The molecule has 0 heterocycles. The lowest BCUT2D eigenvalue weighted by Gasteiger charge is -2.06. The molecule has 0 saturated heterocycles. The first kappa shape index (κ1) is 12.1. The van der Waals surface area contributed by atoms with Crippen molar-refractivity contribution >= 4 is 6.72 Å². The van der Waals surface area contributed by atoms with Gasteiger partial charge in [-0.3, -0.25) is 4.99 Å². The third-order valence-electron chi connectivity index (χ3n) is 1.95. The Bertz CT molecular complexity index is 214. The summed E-state index contributed by atoms with van der Waals surface area (Å²) in [7, 11) is 1.96. The normalized spacial score (nSPS) is 12.2. The fourth-order valence-corrected chi connectivity index (χ4v) is 1.28. The molecule has 0 bridgehead atoms. The lowest BCUT2D eigenvalue weighted by molar-refractivity contribution is 0.717. The van der Waals surface area contributed by atoms with Gasteiger partial charge in [0.1, 0.15) is 0 Å². The summed E-state index contributed by atoms with van der Waals surface area (Å²) < 4.78 is 0. The number of allylic oxidation sites excluding steroid dienone is 2. The summed E-state index contributed by atoms with van der Waals surface area (Å²) in [5.41, 5.74) is 3.24. The Balaban J connectivity index is 4.22. The maximum atomic E-state index is 3.98. The van der Waals surface area contributed by atoms with Crippen LogP contribution in [0.15, 0.2) is 28.4 Å². The molecule has 0 atom stereocenters. The quantitative estimate of drug-likeness (QED) is 0.379. The lowest BCUT2D eigenvalue weighted by Crippen LogP contribution is -2.07. The van der Waals surface area contributed by atoms with Crippen LogP contribution in [0.5, 0.6) is 0 Å². The molecule has 0 aliphatic carbocycles. The van der Waals surface area contributed by atoms with E-state index in [0.29, 0.717) is 0 Å². The van der Waals surface area contributed by atoms with E-state index in [1.54, 1.807) is 0 Å². The number of nitrogens with zero attached hydrogens (tertiary/aromatic N) is 1. The second-order valence-corrected chi connectivity index (χ2v) is 3.27. The molecular formula is C11H20N2. The third kappa shape index (κ3) is 4.63. The SMILES string of the molecule is C=N/C(C(=C)C)=C(\C)CCCNC. The Morgan fingerprint density at radius 1 is 1.38 bits per heavy atom. The van der Waals surface area contributed by atoms with E-state index in [9.17, 15) is 0 Å². The zero-order valence-corrected chi connectivity index (χ0v) is 8.98. The van der Waals surface area contributed by atoms with E-state index in [0.717, 1.165) is 30.7 Å². The molecule has 0 aliphatic rings. The summed E-state index contributed by atoms with van der Waals surface area (Å²) in [5, 5.41) is 3.12. The van der Waals surface area contributed by atoms with Crippen LogP contribution in [0.3, 0.4) is 0 Å². The Morgan fingerprint density at radius 3 is 2.38 bits per heavy atom. The van der Waals surface area contributed by atoms with Crippen LogP contribution in [0.1, 0.15) is 26.7 Å². The van der Waals surface area contributed by atoms with Gasteiger partial charge in [-0.05, 0) is 58.1 Å². The smallest absolute Gasteiger partial charge is 0.0634 e. The molecule has 0 fully saturated rings. The molecule has 2 heteroatoms. The minimum absolute atomic E-state index is 0.969. The monoisotopic (exact) mass is 180 g/mol. The highest BCUT2D eigenvalue weighted by Crippen LogP contribution is 2.17. The van der Waals surface area contributed by atoms with Gasteiger partial charge in [0.2, 0.25) is 0 Å². The number of aliphatic imine (C=N–C) groups is 1. The van der Waals surface area contributed by atoms with E-state index in [1.165, 1.54) is 5.57 Å². The zero-order valence-electron chi connectivity index (χ0n) is 8.98. The van der Waals surface area contributed by atoms with Gasteiger partial charge in [-0.15, -0.1) is 0 Å². The van der Waals surface area contributed by atoms with Crippen molar-refractivity contribution in [1.29, 1.82) is 0 Å². The van der Waals surface area contributed by atoms with Crippen molar-refractivity contribution in [2.75, 3.05) is 13.6 Å². The first-order valence-corrected chi connectivity index (χ1v) is 4.60. The second kappa shape index (κ2) is 6.61. The van der Waals surface area contributed by atoms with Gasteiger partial charge in [-0.2, -0.15) is 0 Å². The van der Waals surface area contributed by atoms with Crippen LogP contribution >= 0.6 is 0 Å². The fraction of sp³-hybridized carbons (Fsp3) is 0.545. The molecule has 0 radical (unpaired) electrons. The highest BCUT2D eigenvalue weighted by Gasteiger charge is 2.00. The Hall–Kier alpha value is -0.890. The topological polar surface area (TPSA) is 24.4 Å². The van der Waals surface area contributed by atoms with Crippen LogP contribution in [0.4, 0.5) is 0 Å². The van der Waals surface area contributed by atoms with Gasteiger partial charge >= 0.3 is 0 Å². The first-order valence-electron chi connectivity index (χ1n) is 4.60. The van der Waals surface area contributed by atoms with Gasteiger partial charge < -0.3 is 5.32 Å². The summed E-state index contributed by atoms with van der Waals surface area (Å²) in [5.74, 6) is 0. The van der Waals surface area contributed by atoms with E-state index in [2.05, 4.69) is 30.5 Å². The zero-order chi connectivity index (χ0) is 10.3.